The van der Waals surface area contributed by atoms with Crippen molar-refractivity contribution in [3.05, 3.63) is 71.4 Å². The van der Waals surface area contributed by atoms with Gasteiger partial charge in [-0.25, -0.2) is 0 Å². The summed E-state index contributed by atoms with van der Waals surface area (Å²) >= 11 is 1.86. The third kappa shape index (κ3) is 3.45. The Kier molecular flexibility index (Phi) is 5.15. The lowest BCUT2D eigenvalue weighted by atomic mass is 9.95. The number of aryl methyl sites for hydroxylation is 1. The number of carbonyl (C=O) groups is 1. The van der Waals surface area contributed by atoms with Crippen LogP contribution in [0.4, 0.5) is 0 Å². The van der Waals surface area contributed by atoms with Crippen LogP contribution < -0.4 is 0 Å². The van der Waals surface area contributed by atoms with Gasteiger partial charge in [0.1, 0.15) is 0 Å². The van der Waals surface area contributed by atoms with Gasteiger partial charge in [0.05, 0.1) is 5.69 Å². The fourth-order valence-electron chi connectivity index (χ4n) is 4.63. The molecule has 0 saturated carbocycles. The van der Waals surface area contributed by atoms with Crippen molar-refractivity contribution in [2.75, 3.05) is 13.1 Å². The van der Waals surface area contributed by atoms with Crippen molar-refractivity contribution in [3.8, 4) is 11.3 Å². The normalized spacial score (nSPS) is 18.7. The molecular formula is C25H27N3OS. The summed E-state index contributed by atoms with van der Waals surface area (Å²) in [6, 6.07) is 19.1. The molecule has 0 N–H and O–H groups in total. The second-order valence-corrected chi connectivity index (χ2v) is 9.75. The lowest BCUT2D eigenvalue weighted by Crippen LogP contribution is -2.38. The number of amides is 1. The number of carbonyl (C=O) groups excluding carboxylic acids is 1. The van der Waals surface area contributed by atoms with Crippen molar-refractivity contribution >= 4 is 17.7 Å². The summed E-state index contributed by atoms with van der Waals surface area (Å²) < 4.78 is 1.92. The Morgan fingerprint density at radius 1 is 1.07 bits per heavy atom. The number of hydrogen-bond acceptors (Lipinski definition) is 3. The second kappa shape index (κ2) is 7.95. The summed E-state index contributed by atoms with van der Waals surface area (Å²) in [4.78, 5) is 16.8. The van der Waals surface area contributed by atoms with E-state index in [1.54, 1.807) is 0 Å². The second-order valence-electron chi connectivity index (χ2n) is 8.50. The highest BCUT2D eigenvalue weighted by Crippen LogP contribution is 2.51. The Labute approximate surface area is 182 Å². The maximum atomic E-state index is 13.5. The fraction of sp³-hybridized carbons (Fsp3) is 0.360. The van der Waals surface area contributed by atoms with Gasteiger partial charge >= 0.3 is 0 Å². The molecule has 3 aromatic rings. The molecule has 4 nitrogen and oxygen atoms in total. The first-order valence-electron chi connectivity index (χ1n) is 10.8. The molecule has 2 aromatic carbocycles. The van der Waals surface area contributed by atoms with Crippen molar-refractivity contribution in [1.29, 1.82) is 0 Å². The van der Waals surface area contributed by atoms with Crippen LogP contribution in [-0.4, -0.2) is 33.7 Å². The largest absolute Gasteiger partial charge is 0.337 e. The van der Waals surface area contributed by atoms with Crippen LogP contribution in [0.25, 0.3) is 11.3 Å². The van der Waals surface area contributed by atoms with Crippen molar-refractivity contribution in [2.24, 2.45) is 13.0 Å². The molecule has 30 heavy (non-hydrogen) atoms. The third-order valence-electron chi connectivity index (χ3n) is 6.35. The highest BCUT2D eigenvalue weighted by Gasteiger charge is 2.36. The summed E-state index contributed by atoms with van der Waals surface area (Å²) in [5, 5.41) is 4.96. The van der Waals surface area contributed by atoms with Gasteiger partial charge in [0.2, 0.25) is 0 Å². The van der Waals surface area contributed by atoms with Crippen LogP contribution in [0.1, 0.15) is 46.6 Å². The molecule has 0 bridgehead atoms. The zero-order valence-electron chi connectivity index (χ0n) is 17.5. The number of aromatic nitrogens is 2. The van der Waals surface area contributed by atoms with E-state index in [0.717, 1.165) is 43.6 Å². The molecule has 1 saturated heterocycles. The van der Waals surface area contributed by atoms with Gasteiger partial charge in [0, 0.05) is 41.4 Å². The van der Waals surface area contributed by atoms with Crippen LogP contribution in [0.5, 0.6) is 0 Å². The molecule has 3 heterocycles. The zero-order valence-corrected chi connectivity index (χ0v) is 18.4. The molecule has 1 atom stereocenters. The number of thioether (sulfide) groups is 1. The Hall–Kier alpha value is -2.53. The molecule has 2 aliphatic heterocycles. The number of nitrogens with zero attached hydrogens (tertiary/aromatic N) is 3. The third-order valence-corrected chi connectivity index (χ3v) is 7.65. The van der Waals surface area contributed by atoms with Crippen LogP contribution >= 0.6 is 11.8 Å². The zero-order chi connectivity index (χ0) is 20.7. The van der Waals surface area contributed by atoms with Gasteiger partial charge in [-0.2, -0.15) is 5.10 Å². The molecule has 5 heteroatoms. The highest BCUT2D eigenvalue weighted by atomic mass is 32.2. The average Bonchev–Trinajstić information content (AvgIpc) is 3.12. The minimum absolute atomic E-state index is 0.0943. The van der Waals surface area contributed by atoms with E-state index in [-0.39, 0.29) is 11.2 Å². The fourth-order valence-corrected chi connectivity index (χ4v) is 6.01. The monoisotopic (exact) mass is 417 g/mol. The smallest absolute Gasteiger partial charge is 0.274 e. The molecule has 0 spiro atoms. The van der Waals surface area contributed by atoms with Crippen LogP contribution in [0.15, 0.2) is 59.5 Å². The van der Waals surface area contributed by atoms with Crippen LogP contribution in [-0.2, 0) is 13.5 Å². The van der Waals surface area contributed by atoms with Crippen LogP contribution in [0.3, 0.4) is 0 Å². The van der Waals surface area contributed by atoms with Gasteiger partial charge < -0.3 is 4.90 Å². The van der Waals surface area contributed by atoms with Crippen LogP contribution in [0, 0.1) is 5.92 Å². The van der Waals surface area contributed by atoms with Crippen LogP contribution in [0.2, 0.25) is 0 Å². The minimum atomic E-state index is 0.0943. The van der Waals surface area contributed by atoms with Crippen molar-refractivity contribution < 1.29 is 4.79 Å². The lowest BCUT2D eigenvalue weighted by molar-refractivity contribution is 0.0689. The van der Waals surface area contributed by atoms with Gasteiger partial charge in [-0.15, -0.1) is 11.8 Å². The molecule has 1 aromatic heterocycles. The quantitative estimate of drug-likeness (QED) is 0.577. The maximum Gasteiger partial charge on any atom is 0.274 e. The molecule has 5 rings (SSSR count). The van der Waals surface area contributed by atoms with E-state index >= 15 is 0 Å². The predicted octanol–water partition coefficient (Wildman–Crippen LogP) is 5.35. The topological polar surface area (TPSA) is 38.1 Å². The van der Waals surface area contributed by atoms with E-state index in [9.17, 15) is 4.79 Å². The van der Waals surface area contributed by atoms with Gasteiger partial charge in [-0.1, -0.05) is 55.5 Å². The number of rotatable bonds is 3. The molecule has 2 aliphatic rings. The Bertz CT molecular complexity index is 1070. The summed E-state index contributed by atoms with van der Waals surface area (Å²) in [5.41, 5.74) is 5.31. The summed E-state index contributed by atoms with van der Waals surface area (Å²) in [6.07, 6.45) is 3.04. The van der Waals surface area contributed by atoms with Crippen molar-refractivity contribution in [1.82, 2.24) is 14.7 Å². The number of likely N-dealkylation sites (tertiary alicyclic amines) is 1. The Morgan fingerprint density at radius 2 is 1.77 bits per heavy atom. The van der Waals surface area contributed by atoms with Gasteiger partial charge in [0.25, 0.3) is 5.91 Å². The number of benzene rings is 2. The van der Waals surface area contributed by atoms with E-state index in [0.29, 0.717) is 11.6 Å². The highest BCUT2D eigenvalue weighted by molar-refractivity contribution is 7.99. The number of fused-ring (bicyclic) bond motifs is 3. The van der Waals surface area contributed by atoms with E-state index in [1.165, 1.54) is 16.0 Å². The molecular weight excluding hydrogens is 390 g/mol. The lowest BCUT2D eigenvalue weighted by Gasteiger charge is -2.31. The standard InChI is InChI=1S/C25H27N3OS/c1-17-12-14-28(15-13-17)25(29)23-22-21(16-18-8-4-3-5-9-18)30-20-11-7-6-10-19(20)24(22)27(2)26-23/h3-11,17,21H,12-16H2,1-2H3. The minimum Gasteiger partial charge on any atom is -0.337 e. The van der Waals surface area contributed by atoms with Gasteiger partial charge in [-0.05, 0) is 36.8 Å². The summed E-state index contributed by atoms with van der Waals surface area (Å²) in [5.74, 6) is 0.789. The SMILES string of the molecule is CC1CCN(C(=O)c2nn(C)c3c2C(Cc2ccccc2)Sc2ccccc2-3)CC1. The summed E-state index contributed by atoms with van der Waals surface area (Å²) in [6.45, 7) is 3.94. The molecule has 1 unspecified atom stereocenters. The first-order chi connectivity index (χ1) is 14.6. The van der Waals surface area contributed by atoms with E-state index in [4.69, 9.17) is 5.10 Å². The van der Waals surface area contributed by atoms with Gasteiger partial charge in [-0.3, -0.25) is 9.48 Å². The molecule has 0 radical (unpaired) electrons. The first-order valence-corrected chi connectivity index (χ1v) is 11.7. The van der Waals surface area contributed by atoms with Crippen molar-refractivity contribution in [3.63, 3.8) is 0 Å². The first kappa shape index (κ1) is 19.4. The summed E-state index contributed by atoms with van der Waals surface area (Å²) in [7, 11) is 1.97. The molecule has 154 valence electrons. The van der Waals surface area contributed by atoms with E-state index in [1.807, 2.05) is 28.4 Å². The number of piperidine rings is 1. The molecule has 1 fully saturated rings. The average molecular weight is 418 g/mol. The number of hydrogen-bond donors (Lipinski definition) is 0. The molecule has 1 amide bonds. The Morgan fingerprint density at radius 3 is 2.53 bits per heavy atom. The van der Waals surface area contributed by atoms with E-state index < -0.39 is 0 Å². The van der Waals surface area contributed by atoms with Crippen molar-refractivity contribution in [2.45, 2.75) is 36.3 Å². The van der Waals surface area contributed by atoms with E-state index in [2.05, 4.69) is 61.5 Å². The Balaban J connectivity index is 1.58. The van der Waals surface area contributed by atoms with Gasteiger partial charge in [0.15, 0.2) is 5.69 Å². The molecule has 0 aliphatic carbocycles. The predicted molar refractivity (Wildman–Crippen MR) is 122 cm³/mol. The maximum absolute atomic E-state index is 13.5.